The predicted octanol–water partition coefficient (Wildman–Crippen LogP) is 2.72. The molecular weight excluding hydrogens is 224 g/mol. The van der Waals surface area contributed by atoms with Crippen LogP contribution in [0.3, 0.4) is 0 Å². The van der Waals surface area contributed by atoms with Gasteiger partial charge in [-0.3, -0.25) is 0 Å². The lowest BCUT2D eigenvalue weighted by Crippen LogP contribution is -2.31. The molecule has 2 heterocycles. The third-order valence-electron chi connectivity index (χ3n) is 2.67. The van der Waals surface area contributed by atoms with E-state index in [4.69, 9.17) is 0 Å². The average molecular weight is 239 g/mol. The summed E-state index contributed by atoms with van der Waals surface area (Å²) in [5.41, 5.74) is 2.62. The van der Waals surface area contributed by atoms with Crippen LogP contribution >= 0.6 is 23.1 Å². The van der Waals surface area contributed by atoms with E-state index < -0.39 is 0 Å². The number of thioether (sulfide) groups is 1. The van der Waals surface area contributed by atoms with Crippen molar-refractivity contribution in [3.05, 3.63) is 32.2 Å². The summed E-state index contributed by atoms with van der Waals surface area (Å²) in [6.45, 7) is 4.26. The molecule has 1 aromatic heterocycles. The smallest absolute Gasteiger partial charge is 0.264 e. The molecule has 0 amide bonds. The van der Waals surface area contributed by atoms with Gasteiger partial charge in [-0.1, -0.05) is 23.1 Å². The fourth-order valence-electron chi connectivity index (χ4n) is 1.32. The summed E-state index contributed by atoms with van der Waals surface area (Å²) in [5, 5.41) is 6.97. The maximum atomic E-state index is 2.25. The molecule has 0 aliphatic carbocycles. The van der Waals surface area contributed by atoms with Crippen molar-refractivity contribution in [2.75, 3.05) is 7.05 Å². The number of thiazole rings is 1. The molecule has 1 aromatic rings. The molecule has 80 valence electrons. The molecular formula is C11H15N2S2+. The molecule has 0 unspecified atom stereocenters. The van der Waals surface area contributed by atoms with Crippen LogP contribution in [0.1, 0.15) is 17.6 Å². The van der Waals surface area contributed by atoms with E-state index in [2.05, 4.69) is 54.3 Å². The van der Waals surface area contributed by atoms with E-state index in [0.717, 1.165) is 0 Å². The van der Waals surface area contributed by atoms with Gasteiger partial charge in [-0.25, -0.2) is 0 Å². The van der Waals surface area contributed by atoms with Crippen molar-refractivity contribution in [2.24, 2.45) is 7.05 Å². The van der Waals surface area contributed by atoms with Gasteiger partial charge in [-0.15, -0.1) is 0 Å². The number of hydrogen-bond donors (Lipinski definition) is 0. The lowest BCUT2D eigenvalue weighted by Gasteiger charge is -2.13. The molecule has 0 N–H and O–H groups in total. The summed E-state index contributed by atoms with van der Waals surface area (Å²) < 4.78 is 2.22. The summed E-state index contributed by atoms with van der Waals surface area (Å²) in [6.07, 6.45) is 2.25. The van der Waals surface area contributed by atoms with Crippen molar-refractivity contribution in [3.63, 3.8) is 0 Å². The molecule has 2 nitrogen and oxygen atoms in total. The highest BCUT2D eigenvalue weighted by molar-refractivity contribution is 8.06. The van der Waals surface area contributed by atoms with Gasteiger partial charge in [-0.2, -0.15) is 4.57 Å². The molecule has 0 saturated carbocycles. The summed E-state index contributed by atoms with van der Waals surface area (Å²) in [4.78, 5) is 2.22. The average Bonchev–Trinajstić information content (AvgIpc) is 2.68. The zero-order chi connectivity index (χ0) is 11.0. The van der Waals surface area contributed by atoms with E-state index in [1.807, 2.05) is 0 Å². The van der Waals surface area contributed by atoms with Gasteiger partial charge in [0.25, 0.3) is 5.01 Å². The largest absolute Gasteiger partial charge is 0.342 e. The van der Waals surface area contributed by atoms with Gasteiger partial charge in [0.05, 0.1) is 16.5 Å². The van der Waals surface area contributed by atoms with Crippen molar-refractivity contribution in [3.8, 4) is 0 Å². The van der Waals surface area contributed by atoms with Crippen LogP contribution < -0.4 is 4.57 Å². The number of rotatable bonds is 1. The molecule has 4 heteroatoms. The second-order valence-electron chi connectivity index (χ2n) is 3.69. The van der Waals surface area contributed by atoms with Crippen LogP contribution in [0, 0.1) is 6.92 Å². The van der Waals surface area contributed by atoms with E-state index in [1.165, 1.54) is 21.4 Å². The Labute approximate surface area is 98.9 Å². The minimum absolute atomic E-state index is 1.30. The van der Waals surface area contributed by atoms with E-state index in [0.29, 0.717) is 0 Å². The first-order chi connectivity index (χ1) is 7.09. The van der Waals surface area contributed by atoms with Crippen LogP contribution in [-0.2, 0) is 7.05 Å². The standard InChI is InChI=1S/C11H15N2S2/c1-8-6-14-10(12(8)3)5-11-13(4)9(2)7-15-11/h5-7H,1-4H3/q+1. The highest BCUT2D eigenvalue weighted by atomic mass is 32.2. The highest BCUT2D eigenvalue weighted by Crippen LogP contribution is 2.33. The van der Waals surface area contributed by atoms with Gasteiger partial charge in [0.15, 0.2) is 5.69 Å². The Kier molecular flexibility index (Phi) is 2.89. The molecule has 2 rings (SSSR count). The zero-order valence-corrected chi connectivity index (χ0v) is 11.1. The van der Waals surface area contributed by atoms with Gasteiger partial charge in [-0.05, 0) is 12.3 Å². The first-order valence-corrected chi connectivity index (χ1v) is 6.58. The fourth-order valence-corrected chi connectivity index (χ4v) is 3.26. The number of aryl methyl sites for hydroxylation is 1. The summed E-state index contributed by atoms with van der Waals surface area (Å²) in [5.74, 6) is 0. The van der Waals surface area contributed by atoms with Gasteiger partial charge in [0, 0.05) is 19.7 Å². The molecule has 0 spiro atoms. The summed E-state index contributed by atoms with van der Waals surface area (Å²) in [6, 6.07) is 0. The van der Waals surface area contributed by atoms with Crippen molar-refractivity contribution < 1.29 is 4.57 Å². The van der Waals surface area contributed by atoms with Crippen LogP contribution in [0.5, 0.6) is 0 Å². The summed E-state index contributed by atoms with van der Waals surface area (Å²) >= 11 is 3.58. The van der Waals surface area contributed by atoms with E-state index in [1.54, 1.807) is 23.1 Å². The molecule has 1 aliphatic rings. The van der Waals surface area contributed by atoms with Gasteiger partial charge in [0.1, 0.15) is 7.05 Å². The Balaban J connectivity index is 2.29. The maximum Gasteiger partial charge on any atom is 0.264 e. The van der Waals surface area contributed by atoms with Crippen LogP contribution in [0.2, 0.25) is 0 Å². The van der Waals surface area contributed by atoms with Crippen LogP contribution in [0.15, 0.2) is 21.5 Å². The van der Waals surface area contributed by atoms with Crippen molar-refractivity contribution >= 4 is 29.2 Å². The third-order valence-corrected chi connectivity index (χ3v) is 4.85. The molecule has 1 aliphatic heterocycles. The van der Waals surface area contributed by atoms with E-state index >= 15 is 0 Å². The molecule has 0 fully saturated rings. The van der Waals surface area contributed by atoms with Crippen LogP contribution in [0.4, 0.5) is 0 Å². The Morgan fingerprint density at radius 1 is 1.40 bits per heavy atom. The minimum Gasteiger partial charge on any atom is -0.342 e. The lowest BCUT2D eigenvalue weighted by atomic mass is 10.5. The minimum atomic E-state index is 1.30. The highest BCUT2D eigenvalue weighted by Gasteiger charge is 2.17. The topological polar surface area (TPSA) is 7.12 Å². The van der Waals surface area contributed by atoms with Crippen LogP contribution in [-0.4, -0.2) is 11.9 Å². The normalized spacial score (nSPS) is 18.8. The Bertz CT molecular complexity index is 443. The Hall–Kier alpha value is -0.740. The van der Waals surface area contributed by atoms with Gasteiger partial charge in [0.2, 0.25) is 0 Å². The van der Waals surface area contributed by atoms with E-state index in [9.17, 15) is 0 Å². The quantitative estimate of drug-likeness (QED) is 0.696. The molecule has 0 radical (unpaired) electrons. The van der Waals surface area contributed by atoms with Crippen LogP contribution in [0.25, 0.3) is 6.08 Å². The van der Waals surface area contributed by atoms with E-state index in [-0.39, 0.29) is 0 Å². The fraction of sp³-hybridized carbons (Fsp3) is 0.364. The van der Waals surface area contributed by atoms with Crippen molar-refractivity contribution in [2.45, 2.75) is 13.8 Å². The van der Waals surface area contributed by atoms with Gasteiger partial charge < -0.3 is 4.90 Å². The second-order valence-corrected chi connectivity index (χ2v) is 5.47. The number of hydrogen-bond acceptors (Lipinski definition) is 3. The molecule has 0 aromatic carbocycles. The van der Waals surface area contributed by atoms with Gasteiger partial charge >= 0.3 is 0 Å². The molecule has 0 atom stereocenters. The SMILES string of the molecule is CC1=CSC(=Cc2scc(C)[n+]2C)N1C. The number of allylic oxidation sites excluding steroid dienone is 1. The van der Waals surface area contributed by atoms with Crippen molar-refractivity contribution in [1.29, 1.82) is 0 Å². The number of aromatic nitrogens is 1. The zero-order valence-electron chi connectivity index (χ0n) is 9.44. The predicted molar refractivity (Wildman–Crippen MR) is 67.3 cm³/mol. The molecule has 0 bridgehead atoms. The first-order valence-electron chi connectivity index (χ1n) is 4.82. The molecule has 15 heavy (non-hydrogen) atoms. The third kappa shape index (κ3) is 1.96. The second kappa shape index (κ2) is 4.02. The van der Waals surface area contributed by atoms with Crippen molar-refractivity contribution in [1.82, 2.24) is 4.90 Å². The summed E-state index contributed by atoms with van der Waals surface area (Å²) in [7, 11) is 4.22. The first kappa shape index (κ1) is 10.8. The Morgan fingerprint density at radius 3 is 2.60 bits per heavy atom. The molecule has 0 saturated heterocycles. The maximum absolute atomic E-state index is 2.25. The monoisotopic (exact) mass is 239 g/mol. The Morgan fingerprint density at radius 2 is 2.13 bits per heavy atom. The number of nitrogens with zero attached hydrogens (tertiary/aromatic N) is 2. The lowest BCUT2D eigenvalue weighted by molar-refractivity contribution is -0.674.